The van der Waals surface area contributed by atoms with Gasteiger partial charge >= 0.3 is 0 Å². The maximum atomic E-state index is 12.4. The van der Waals surface area contributed by atoms with Crippen molar-refractivity contribution in [1.82, 2.24) is 15.0 Å². The molecule has 2 aromatic heterocycles. The third-order valence-electron chi connectivity index (χ3n) is 5.43. The van der Waals surface area contributed by atoms with E-state index in [-0.39, 0.29) is 11.7 Å². The van der Waals surface area contributed by atoms with Crippen LogP contribution in [0.15, 0.2) is 70.7 Å². The standard InChI is InChI=1S/C27H28N4O2S/c1-5-33-23-12-10-22(11-13-23)31-19(3)15-21(20(31)4)16-28-30-27(32)17-34-26-14-18(2)29-25-9-7-6-8-24(25)26/h6-16H,5,17H2,1-4H3,(H,30,32)/b28-16+. The van der Waals surface area contributed by atoms with Crippen molar-refractivity contribution in [1.29, 1.82) is 0 Å². The lowest BCUT2D eigenvalue weighted by Crippen LogP contribution is -2.19. The molecule has 2 heterocycles. The number of thioether (sulfide) groups is 1. The van der Waals surface area contributed by atoms with Crippen LogP contribution < -0.4 is 10.2 Å². The van der Waals surface area contributed by atoms with Gasteiger partial charge in [0, 0.05) is 38.6 Å². The number of rotatable bonds is 8. The van der Waals surface area contributed by atoms with E-state index in [9.17, 15) is 4.79 Å². The van der Waals surface area contributed by atoms with Crippen molar-refractivity contribution in [2.24, 2.45) is 5.10 Å². The average molecular weight is 473 g/mol. The van der Waals surface area contributed by atoms with Crippen LogP contribution in [0.4, 0.5) is 0 Å². The molecule has 0 bridgehead atoms. The van der Waals surface area contributed by atoms with Gasteiger partial charge in [0.15, 0.2) is 0 Å². The van der Waals surface area contributed by atoms with Gasteiger partial charge < -0.3 is 9.30 Å². The van der Waals surface area contributed by atoms with E-state index in [0.717, 1.165) is 49.9 Å². The Kier molecular flexibility index (Phi) is 7.33. The predicted molar refractivity (Wildman–Crippen MR) is 139 cm³/mol. The molecule has 34 heavy (non-hydrogen) atoms. The quantitative estimate of drug-likeness (QED) is 0.206. The zero-order valence-electron chi connectivity index (χ0n) is 19.8. The third-order valence-corrected chi connectivity index (χ3v) is 6.49. The highest BCUT2D eigenvalue weighted by molar-refractivity contribution is 8.00. The molecular weight excluding hydrogens is 444 g/mol. The van der Waals surface area contributed by atoms with Crippen molar-refractivity contribution >= 4 is 34.8 Å². The molecule has 2 aromatic carbocycles. The van der Waals surface area contributed by atoms with Gasteiger partial charge in [0.1, 0.15) is 5.75 Å². The molecule has 0 atom stereocenters. The minimum atomic E-state index is -0.153. The summed E-state index contributed by atoms with van der Waals surface area (Å²) in [4.78, 5) is 18.0. The first kappa shape index (κ1) is 23.6. The van der Waals surface area contributed by atoms with E-state index in [1.54, 1.807) is 6.21 Å². The number of benzene rings is 2. The van der Waals surface area contributed by atoms with Gasteiger partial charge in [-0.2, -0.15) is 5.10 Å². The highest BCUT2D eigenvalue weighted by Crippen LogP contribution is 2.27. The number of ether oxygens (including phenoxy) is 1. The lowest BCUT2D eigenvalue weighted by molar-refractivity contribution is -0.118. The molecule has 6 nitrogen and oxygen atoms in total. The fraction of sp³-hybridized carbons (Fsp3) is 0.222. The molecule has 0 saturated carbocycles. The van der Waals surface area contributed by atoms with Crippen LogP contribution in [-0.4, -0.2) is 34.0 Å². The van der Waals surface area contributed by atoms with Gasteiger partial charge in [0.05, 0.1) is 24.1 Å². The van der Waals surface area contributed by atoms with Crippen LogP contribution in [0, 0.1) is 20.8 Å². The SMILES string of the molecule is CCOc1ccc(-n2c(C)cc(/C=N/NC(=O)CSc3cc(C)nc4ccccc34)c2C)cc1. The predicted octanol–water partition coefficient (Wildman–Crippen LogP) is 5.59. The Morgan fingerprint density at radius 3 is 2.65 bits per heavy atom. The van der Waals surface area contributed by atoms with Crippen molar-refractivity contribution in [2.45, 2.75) is 32.6 Å². The van der Waals surface area contributed by atoms with Crippen LogP contribution in [-0.2, 0) is 4.79 Å². The smallest absolute Gasteiger partial charge is 0.250 e. The summed E-state index contributed by atoms with van der Waals surface area (Å²) in [5, 5.41) is 5.25. The Morgan fingerprint density at radius 1 is 1.12 bits per heavy atom. The molecule has 0 aliphatic carbocycles. The molecule has 0 aliphatic heterocycles. The fourth-order valence-electron chi connectivity index (χ4n) is 3.91. The summed E-state index contributed by atoms with van der Waals surface area (Å²) in [6.07, 6.45) is 1.70. The second-order valence-electron chi connectivity index (χ2n) is 7.95. The van der Waals surface area contributed by atoms with E-state index in [2.05, 4.69) is 33.1 Å². The molecule has 0 fully saturated rings. The van der Waals surface area contributed by atoms with Crippen LogP contribution in [0.2, 0.25) is 0 Å². The maximum Gasteiger partial charge on any atom is 0.250 e. The number of nitrogens with zero attached hydrogens (tertiary/aromatic N) is 3. The largest absolute Gasteiger partial charge is 0.494 e. The lowest BCUT2D eigenvalue weighted by atomic mass is 10.2. The minimum absolute atomic E-state index is 0.153. The highest BCUT2D eigenvalue weighted by Gasteiger charge is 2.11. The van der Waals surface area contributed by atoms with Crippen LogP contribution in [0.1, 0.15) is 29.6 Å². The number of pyridine rings is 1. The summed E-state index contributed by atoms with van der Waals surface area (Å²) in [5.74, 6) is 0.974. The van der Waals surface area contributed by atoms with Gasteiger partial charge in [-0.3, -0.25) is 9.78 Å². The molecular formula is C27H28N4O2S. The molecule has 4 rings (SSSR count). The molecule has 1 amide bonds. The molecule has 0 unspecified atom stereocenters. The van der Waals surface area contributed by atoms with E-state index in [4.69, 9.17) is 4.74 Å². The molecule has 7 heteroatoms. The van der Waals surface area contributed by atoms with Gasteiger partial charge in [-0.05, 0) is 70.2 Å². The van der Waals surface area contributed by atoms with Gasteiger partial charge in [-0.15, -0.1) is 11.8 Å². The molecule has 174 valence electrons. The van der Waals surface area contributed by atoms with Gasteiger partial charge in [0.2, 0.25) is 5.91 Å². The summed E-state index contributed by atoms with van der Waals surface area (Å²) in [6, 6.07) is 20.1. The first-order valence-corrected chi connectivity index (χ1v) is 12.2. The number of para-hydroxylation sites is 1. The number of amides is 1. The highest BCUT2D eigenvalue weighted by atomic mass is 32.2. The second kappa shape index (κ2) is 10.6. The Bertz CT molecular complexity index is 1340. The second-order valence-corrected chi connectivity index (χ2v) is 8.97. The van der Waals surface area contributed by atoms with Crippen molar-refractivity contribution < 1.29 is 9.53 Å². The first-order chi connectivity index (χ1) is 16.5. The molecule has 0 saturated heterocycles. The van der Waals surface area contributed by atoms with Crippen LogP contribution in [0.25, 0.3) is 16.6 Å². The summed E-state index contributed by atoms with van der Waals surface area (Å²) < 4.78 is 7.70. The first-order valence-electron chi connectivity index (χ1n) is 11.2. The number of carbonyl (C=O) groups is 1. The summed E-state index contributed by atoms with van der Waals surface area (Å²) >= 11 is 1.49. The lowest BCUT2D eigenvalue weighted by Gasteiger charge is -2.11. The normalized spacial score (nSPS) is 11.3. The monoisotopic (exact) mass is 472 g/mol. The van der Waals surface area contributed by atoms with Crippen LogP contribution in [0.5, 0.6) is 5.75 Å². The third kappa shape index (κ3) is 5.31. The summed E-state index contributed by atoms with van der Waals surface area (Å²) in [7, 11) is 0. The zero-order chi connectivity index (χ0) is 24.1. The number of carbonyl (C=O) groups excluding carboxylic acids is 1. The number of hydrogen-bond donors (Lipinski definition) is 1. The molecule has 0 radical (unpaired) electrons. The van der Waals surface area contributed by atoms with Gasteiger partial charge in [-0.25, -0.2) is 5.43 Å². The van der Waals surface area contributed by atoms with E-state index in [1.807, 2.05) is 75.4 Å². The number of nitrogens with one attached hydrogen (secondary N) is 1. The molecule has 4 aromatic rings. The van der Waals surface area contributed by atoms with Crippen molar-refractivity contribution in [3.05, 3.63) is 83.3 Å². The molecule has 0 aliphatic rings. The Morgan fingerprint density at radius 2 is 1.88 bits per heavy atom. The minimum Gasteiger partial charge on any atom is -0.494 e. The number of hydrogen-bond acceptors (Lipinski definition) is 5. The molecule has 1 N–H and O–H groups in total. The van der Waals surface area contributed by atoms with Crippen molar-refractivity contribution in [2.75, 3.05) is 12.4 Å². The zero-order valence-corrected chi connectivity index (χ0v) is 20.6. The Balaban J connectivity index is 1.40. The maximum absolute atomic E-state index is 12.4. The number of fused-ring (bicyclic) bond motifs is 1. The number of aryl methyl sites for hydroxylation is 2. The Labute approximate surface area is 204 Å². The van der Waals surface area contributed by atoms with E-state index < -0.39 is 0 Å². The van der Waals surface area contributed by atoms with Crippen molar-refractivity contribution in [3.63, 3.8) is 0 Å². The average Bonchev–Trinajstić information content (AvgIpc) is 3.11. The van der Waals surface area contributed by atoms with Crippen LogP contribution >= 0.6 is 11.8 Å². The van der Waals surface area contributed by atoms with Crippen molar-refractivity contribution in [3.8, 4) is 11.4 Å². The van der Waals surface area contributed by atoms with E-state index in [1.165, 1.54) is 11.8 Å². The van der Waals surface area contributed by atoms with Crippen LogP contribution in [0.3, 0.4) is 0 Å². The summed E-state index contributed by atoms with van der Waals surface area (Å²) in [5.41, 5.74) is 8.66. The fourth-order valence-corrected chi connectivity index (χ4v) is 4.84. The summed E-state index contributed by atoms with van der Waals surface area (Å²) in [6.45, 7) is 8.67. The number of aromatic nitrogens is 2. The van der Waals surface area contributed by atoms with E-state index >= 15 is 0 Å². The topological polar surface area (TPSA) is 68.5 Å². The molecule has 0 spiro atoms. The van der Waals surface area contributed by atoms with Gasteiger partial charge in [-0.1, -0.05) is 18.2 Å². The van der Waals surface area contributed by atoms with E-state index in [0.29, 0.717) is 6.61 Å². The number of hydrazone groups is 1. The van der Waals surface area contributed by atoms with Gasteiger partial charge in [0.25, 0.3) is 0 Å². The Hall–Kier alpha value is -3.58.